The van der Waals surface area contributed by atoms with Crippen molar-refractivity contribution < 1.29 is 33.0 Å². The van der Waals surface area contributed by atoms with Crippen molar-refractivity contribution in [1.29, 1.82) is 0 Å². The Kier molecular flexibility index (Phi) is 13.5. The molecule has 0 fully saturated rings. The first-order valence-corrected chi connectivity index (χ1v) is 19.5. The standard InChI is InChI=1S/C37H54N2O7Si/c1-10-13-17-21-43-29-24-37(12-3,27-46-47(8,9)36(4,5)6)39(25-29)34(40)30-22-32(42-7)33(45-26-28-18-15-14-16-19-28)23-31(30)38-35(41)44-20-11-2/h11,14-16,18-19,22-23,25H,2,10,12-13,17,20-21,24,26-27H2,1,3-9H3,(H,38,41)/t37-/m0/s1. The van der Waals surface area contributed by atoms with E-state index in [1.54, 1.807) is 23.2 Å². The second-order valence-electron chi connectivity index (χ2n) is 13.5. The number of nitrogens with zero attached hydrogens (tertiary/aromatic N) is 1. The van der Waals surface area contributed by atoms with Gasteiger partial charge in [-0.1, -0.05) is 90.4 Å². The Balaban J connectivity index is 2.06. The van der Waals surface area contributed by atoms with E-state index in [1.165, 1.54) is 13.2 Å². The highest BCUT2D eigenvalue weighted by Crippen LogP contribution is 2.43. The highest BCUT2D eigenvalue weighted by Gasteiger charge is 2.47. The van der Waals surface area contributed by atoms with Gasteiger partial charge in [0.05, 0.1) is 37.1 Å². The molecule has 0 aromatic heterocycles. The Morgan fingerprint density at radius 3 is 2.40 bits per heavy atom. The maximum Gasteiger partial charge on any atom is 0.411 e. The second-order valence-corrected chi connectivity index (χ2v) is 18.3. The van der Waals surface area contributed by atoms with Gasteiger partial charge < -0.3 is 28.3 Å². The van der Waals surface area contributed by atoms with Crippen molar-refractivity contribution in [2.45, 2.75) is 97.0 Å². The van der Waals surface area contributed by atoms with Crippen LogP contribution < -0.4 is 14.8 Å². The van der Waals surface area contributed by atoms with Crippen molar-refractivity contribution in [1.82, 2.24) is 4.90 Å². The zero-order chi connectivity index (χ0) is 34.7. The number of amides is 2. The molecule has 2 amide bonds. The first-order chi connectivity index (χ1) is 22.3. The van der Waals surface area contributed by atoms with E-state index < -0.39 is 19.9 Å². The molecule has 2 aromatic rings. The molecule has 258 valence electrons. The quantitative estimate of drug-likeness (QED) is 0.102. The third-order valence-electron chi connectivity index (χ3n) is 9.05. The van der Waals surface area contributed by atoms with Gasteiger partial charge in [-0.25, -0.2) is 4.79 Å². The Morgan fingerprint density at radius 2 is 1.79 bits per heavy atom. The minimum Gasteiger partial charge on any atom is -0.496 e. The van der Waals surface area contributed by atoms with Gasteiger partial charge in [0, 0.05) is 18.7 Å². The molecule has 1 atom stereocenters. The van der Waals surface area contributed by atoms with Crippen molar-refractivity contribution in [2.24, 2.45) is 0 Å². The van der Waals surface area contributed by atoms with E-state index in [-0.39, 0.29) is 35.4 Å². The normalized spacial score (nSPS) is 16.3. The third-order valence-corrected chi connectivity index (χ3v) is 13.5. The molecule has 1 aliphatic rings. The molecule has 1 heterocycles. The average Bonchev–Trinajstić information content (AvgIpc) is 3.42. The van der Waals surface area contributed by atoms with E-state index in [0.29, 0.717) is 37.6 Å². The van der Waals surface area contributed by atoms with Crippen LogP contribution in [0.1, 0.15) is 82.6 Å². The number of rotatable bonds is 17. The van der Waals surface area contributed by atoms with E-state index in [9.17, 15) is 9.59 Å². The molecule has 1 aliphatic heterocycles. The van der Waals surface area contributed by atoms with Crippen molar-refractivity contribution in [3.63, 3.8) is 0 Å². The predicted octanol–water partition coefficient (Wildman–Crippen LogP) is 9.07. The van der Waals surface area contributed by atoms with Crippen molar-refractivity contribution in [2.75, 3.05) is 32.2 Å². The lowest BCUT2D eigenvalue weighted by Crippen LogP contribution is -2.53. The van der Waals surface area contributed by atoms with Crippen molar-refractivity contribution >= 4 is 26.0 Å². The minimum atomic E-state index is -2.16. The molecule has 0 saturated carbocycles. The monoisotopic (exact) mass is 666 g/mol. The number of benzene rings is 2. The molecule has 9 nitrogen and oxygen atoms in total. The highest BCUT2D eigenvalue weighted by molar-refractivity contribution is 6.74. The van der Waals surface area contributed by atoms with Crippen LogP contribution in [0.4, 0.5) is 10.5 Å². The number of carbonyl (C=O) groups is 2. The fourth-order valence-corrected chi connectivity index (χ4v) is 6.02. The van der Waals surface area contributed by atoms with Gasteiger partial charge in [0.15, 0.2) is 19.8 Å². The summed E-state index contributed by atoms with van der Waals surface area (Å²) in [5.41, 5.74) is 0.716. The predicted molar refractivity (Wildman–Crippen MR) is 189 cm³/mol. The van der Waals surface area contributed by atoms with E-state index in [4.69, 9.17) is 23.4 Å². The van der Waals surface area contributed by atoms with Crippen LogP contribution in [0.3, 0.4) is 0 Å². The first kappa shape index (κ1) is 37.7. The maximum atomic E-state index is 14.7. The zero-order valence-corrected chi connectivity index (χ0v) is 30.6. The van der Waals surface area contributed by atoms with Crippen LogP contribution in [-0.4, -0.2) is 57.7 Å². The molecule has 1 N–H and O–H groups in total. The number of hydrogen-bond donors (Lipinski definition) is 1. The van der Waals surface area contributed by atoms with Gasteiger partial charge in [-0.2, -0.15) is 0 Å². The Morgan fingerprint density at radius 1 is 1.06 bits per heavy atom. The van der Waals surface area contributed by atoms with Gasteiger partial charge in [0.1, 0.15) is 19.0 Å². The Labute approximate surface area is 282 Å². The number of carbonyl (C=O) groups excluding carboxylic acids is 2. The van der Waals surface area contributed by atoms with Crippen LogP contribution in [0, 0.1) is 0 Å². The lowest BCUT2D eigenvalue weighted by atomic mass is 9.92. The summed E-state index contributed by atoms with van der Waals surface area (Å²) in [5, 5.41) is 2.75. The molecule has 2 aromatic carbocycles. The summed E-state index contributed by atoms with van der Waals surface area (Å²) in [6.07, 6.45) is 6.80. The summed E-state index contributed by atoms with van der Waals surface area (Å²) in [4.78, 5) is 29.2. The summed E-state index contributed by atoms with van der Waals surface area (Å²) in [5.74, 6) is 1.13. The van der Waals surface area contributed by atoms with Crippen LogP contribution in [0.25, 0.3) is 0 Å². The summed E-state index contributed by atoms with van der Waals surface area (Å²) in [7, 11) is -0.643. The summed E-state index contributed by atoms with van der Waals surface area (Å²) < 4.78 is 30.1. The van der Waals surface area contributed by atoms with E-state index >= 15 is 0 Å². The van der Waals surface area contributed by atoms with Crippen LogP contribution in [0.15, 0.2) is 67.1 Å². The molecule has 0 spiro atoms. The molecular weight excluding hydrogens is 613 g/mol. The molecule has 0 saturated heterocycles. The van der Waals surface area contributed by atoms with Gasteiger partial charge in [-0.15, -0.1) is 0 Å². The van der Waals surface area contributed by atoms with Crippen molar-refractivity contribution in [3.8, 4) is 11.5 Å². The van der Waals surface area contributed by atoms with E-state index in [2.05, 4.69) is 59.6 Å². The van der Waals surface area contributed by atoms with Crippen LogP contribution in [-0.2, 0) is 20.5 Å². The SMILES string of the molecule is C=CCOC(=O)Nc1cc(OCc2ccccc2)c(OC)cc1C(=O)N1C=C(OCCCCC)C[C@@]1(CC)CO[Si](C)(C)C(C)(C)C. The first-order valence-electron chi connectivity index (χ1n) is 16.5. The van der Waals surface area contributed by atoms with Gasteiger partial charge >= 0.3 is 6.09 Å². The molecular formula is C37H54N2O7Si. The van der Waals surface area contributed by atoms with Gasteiger partial charge in [-0.3, -0.25) is 10.1 Å². The lowest BCUT2D eigenvalue weighted by molar-refractivity contribution is 0.0483. The van der Waals surface area contributed by atoms with Gasteiger partial charge in [0.2, 0.25) is 0 Å². The fraction of sp³-hybridized carbons (Fsp3) is 0.514. The number of anilines is 1. The lowest BCUT2D eigenvalue weighted by Gasteiger charge is -2.43. The smallest absolute Gasteiger partial charge is 0.411 e. The topological polar surface area (TPSA) is 95.6 Å². The van der Waals surface area contributed by atoms with E-state index in [1.807, 2.05) is 30.3 Å². The average molecular weight is 667 g/mol. The second kappa shape index (κ2) is 16.9. The molecule has 0 bridgehead atoms. The van der Waals surface area contributed by atoms with Crippen LogP contribution in [0.2, 0.25) is 18.1 Å². The number of unbranched alkanes of at least 4 members (excludes halogenated alkanes) is 2. The number of ether oxygens (including phenoxy) is 4. The van der Waals surface area contributed by atoms with E-state index in [0.717, 1.165) is 30.6 Å². The molecule has 3 rings (SSSR count). The largest absolute Gasteiger partial charge is 0.496 e. The van der Waals surface area contributed by atoms with Gasteiger partial charge in [0.25, 0.3) is 5.91 Å². The molecule has 10 heteroatoms. The number of hydrogen-bond acceptors (Lipinski definition) is 7. The maximum absolute atomic E-state index is 14.7. The van der Waals surface area contributed by atoms with Crippen LogP contribution >= 0.6 is 0 Å². The van der Waals surface area contributed by atoms with Crippen LogP contribution in [0.5, 0.6) is 11.5 Å². The summed E-state index contributed by atoms with van der Waals surface area (Å²) in [6.45, 7) is 20.1. The molecule has 0 radical (unpaired) electrons. The Hall–Kier alpha value is -3.76. The number of nitrogens with one attached hydrogen (secondary N) is 1. The fourth-order valence-electron chi connectivity index (χ4n) is 4.96. The van der Waals surface area contributed by atoms with Crippen molar-refractivity contribution in [3.05, 3.63) is 78.2 Å². The molecule has 47 heavy (non-hydrogen) atoms. The summed E-state index contributed by atoms with van der Waals surface area (Å²) >= 11 is 0. The highest BCUT2D eigenvalue weighted by atomic mass is 28.4. The third kappa shape index (κ3) is 9.87. The Bertz CT molecular complexity index is 1390. The minimum absolute atomic E-state index is 0.00583. The molecule has 0 aliphatic carbocycles. The van der Waals surface area contributed by atoms with Gasteiger partial charge in [-0.05, 0) is 42.6 Å². The molecule has 0 unspecified atom stereocenters. The summed E-state index contributed by atoms with van der Waals surface area (Å²) in [6, 6.07) is 12.9. The number of methoxy groups -OCH3 is 1. The zero-order valence-electron chi connectivity index (χ0n) is 29.6.